The van der Waals surface area contributed by atoms with E-state index in [4.69, 9.17) is 5.11 Å². The second kappa shape index (κ2) is 4.04. The zero-order valence-electron chi connectivity index (χ0n) is 8.97. The summed E-state index contributed by atoms with van der Waals surface area (Å²) in [7, 11) is 0. The van der Waals surface area contributed by atoms with Gasteiger partial charge in [0, 0.05) is 11.3 Å². The van der Waals surface area contributed by atoms with Crippen molar-refractivity contribution >= 4 is 17.9 Å². The molecule has 2 heterocycles. The Hall–Kier alpha value is -1.11. The van der Waals surface area contributed by atoms with E-state index in [1.54, 1.807) is 0 Å². The number of nitrogens with zero attached hydrogens (tertiary/aromatic N) is 2. The zero-order valence-corrected chi connectivity index (χ0v) is 9.78. The molecule has 0 bridgehead atoms. The van der Waals surface area contributed by atoms with Crippen molar-refractivity contribution in [2.75, 3.05) is 6.54 Å². The molecule has 0 aromatic carbocycles. The number of aryl methyl sites for hydroxylation is 2. The van der Waals surface area contributed by atoms with Crippen LogP contribution in [0.3, 0.4) is 0 Å². The molecule has 1 unspecified atom stereocenters. The van der Waals surface area contributed by atoms with Crippen LogP contribution in [0.5, 0.6) is 0 Å². The Balaban J connectivity index is 2.34. The number of carboxylic acids is 1. The average molecular weight is 240 g/mol. The van der Waals surface area contributed by atoms with Crippen LogP contribution in [0.4, 0.5) is 0 Å². The summed E-state index contributed by atoms with van der Waals surface area (Å²) in [6.45, 7) is 3.56. The Morgan fingerprint density at radius 2 is 2.31 bits per heavy atom. The molecule has 0 spiro atoms. The van der Waals surface area contributed by atoms with Crippen molar-refractivity contribution in [2.45, 2.75) is 25.1 Å². The molecule has 16 heavy (non-hydrogen) atoms. The number of carbonyl (C=O) groups is 1. The molecule has 1 aliphatic rings. The van der Waals surface area contributed by atoms with E-state index in [0.717, 1.165) is 16.8 Å². The molecule has 2 N–H and O–H groups in total. The Morgan fingerprint density at radius 3 is 2.94 bits per heavy atom. The minimum atomic E-state index is -0.964. The molecule has 0 radical (unpaired) electrons. The third-order valence-corrected chi connectivity index (χ3v) is 3.43. The van der Waals surface area contributed by atoms with E-state index in [-0.39, 0.29) is 6.54 Å². The van der Waals surface area contributed by atoms with E-state index in [0.29, 0.717) is 5.03 Å². The summed E-state index contributed by atoms with van der Waals surface area (Å²) in [5, 5.41) is 19.4. The number of hydrogen-bond acceptors (Lipinski definition) is 5. The predicted molar refractivity (Wildman–Crippen MR) is 58.9 cm³/mol. The summed E-state index contributed by atoms with van der Waals surface area (Å²) in [6, 6.07) is 1.88. The molecule has 1 aromatic heterocycles. The minimum Gasteiger partial charge on any atom is -0.480 e. The first-order chi connectivity index (χ1) is 7.49. The fourth-order valence-electron chi connectivity index (χ4n) is 1.75. The summed E-state index contributed by atoms with van der Waals surface area (Å²) < 4.78 is 1.41. The molecule has 0 saturated heterocycles. The van der Waals surface area contributed by atoms with Gasteiger partial charge >= 0.3 is 5.97 Å². The molecule has 0 saturated carbocycles. The number of aliphatic hydroxyl groups is 1. The Labute approximate surface area is 97.2 Å². The highest BCUT2D eigenvalue weighted by Crippen LogP contribution is 2.42. The van der Waals surface area contributed by atoms with Gasteiger partial charge in [0.15, 0.2) is 0 Å². The summed E-state index contributed by atoms with van der Waals surface area (Å²) in [6.07, 6.45) is -0.885. The van der Waals surface area contributed by atoms with E-state index in [1.807, 2.05) is 19.9 Å². The van der Waals surface area contributed by atoms with E-state index < -0.39 is 12.2 Å². The average Bonchev–Trinajstić information content (AvgIpc) is 2.41. The molecule has 2 rings (SSSR count). The van der Waals surface area contributed by atoms with Crippen molar-refractivity contribution in [1.82, 2.24) is 9.29 Å². The number of fused-ring (bicyclic) bond motifs is 1. The number of rotatable bonds is 2. The minimum absolute atomic E-state index is 0.208. The lowest BCUT2D eigenvalue weighted by atomic mass is 10.1. The second-order valence-electron chi connectivity index (χ2n) is 3.73. The van der Waals surface area contributed by atoms with Gasteiger partial charge in [0.2, 0.25) is 0 Å². The molecule has 86 valence electrons. The van der Waals surface area contributed by atoms with Crippen LogP contribution < -0.4 is 0 Å². The van der Waals surface area contributed by atoms with Crippen molar-refractivity contribution in [3.63, 3.8) is 0 Å². The second-order valence-corrected chi connectivity index (χ2v) is 4.77. The van der Waals surface area contributed by atoms with E-state index in [2.05, 4.69) is 4.98 Å². The van der Waals surface area contributed by atoms with Gasteiger partial charge in [-0.25, -0.2) is 9.29 Å². The van der Waals surface area contributed by atoms with Gasteiger partial charge in [0.1, 0.15) is 17.8 Å². The lowest BCUT2D eigenvalue weighted by Crippen LogP contribution is -2.24. The van der Waals surface area contributed by atoms with Gasteiger partial charge in [-0.2, -0.15) is 0 Å². The molecule has 5 nitrogen and oxygen atoms in total. The van der Waals surface area contributed by atoms with Crippen LogP contribution in [0.15, 0.2) is 11.1 Å². The molecule has 1 atom stereocenters. The maximum Gasteiger partial charge on any atom is 0.318 e. The first kappa shape index (κ1) is 11.4. The van der Waals surface area contributed by atoms with Crippen LogP contribution >= 0.6 is 11.9 Å². The monoisotopic (exact) mass is 240 g/mol. The number of aromatic nitrogens is 1. The molecule has 6 heteroatoms. The van der Waals surface area contributed by atoms with Gasteiger partial charge in [-0.05, 0) is 37.4 Å². The lowest BCUT2D eigenvalue weighted by molar-refractivity contribution is -0.138. The van der Waals surface area contributed by atoms with Crippen LogP contribution in [0.25, 0.3) is 0 Å². The summed E-state index contributed by atoms with van der Waals surface area (Å²) in [5.74, 6) is -0.964. The number of pyridine rings is 1. The maximum atomic E-state index is 10.6. The van der Waals surface area contributed by atoms with Crippen molar-refractivity contribution in [2.24, 2.45) is 0 Å². The highest BCUT2D eigenvalue weighted by molar-refractivity contribution is 7.97. The fourth-order valence-corrected chi connectivity index (χ4v) is 2.91. The Bertz CT molecular complexity index is 450. The van der Waals surface area contributed by atoms with Gasteiger partial charge in [-0.3, -0.25) is 4.79 Å². The van der Waals surface area contributed by atoms with Gasteiger partial charge in [0.25, 0.3) is 0 Å². The van der Waals surface area contributed by atoms with Crippen molar-refractivity contribution in [1.29, 1.82) is 0 Å². The van der Waals surface area contributed by atoms with Crippen molar-refractivity contribution < 1.29 is 15.0 Å². The van der Waals surface area contributed by atoms with Crippen LogP contribution in [-0.2, 0) is 4.79 Å². The predicted octanol–water partition coefficient (Wildman–Crippen LogP) is 1.10. The normalized spacial score (nSPS) is 19.8. The maximum absolute atomic E-state index is 10.6. The Kier molecular flexibility index (Phi) is 2.88. The summed E-state index contributed by atoms with van der Waals surface area (Å²) in [5.41, 5.74) is 2.53. The zero-order chi connectivity index (χ0) is 11.9. The Morgan fingerprint density at radius 1 is 1.62 bits per heavy atom. The summed E-state index contributed by atoms with van der Waals surface area (Å²) >= 11 is 1.19. The number of aliphatic hydroxyl groups excluding tert-OH is 1. The fraction of sp³-hybridized carbons (Fsp3) is 0.400. The first-order valence-corrected chi connectivity index (χ1v) is 5.59. The molecular weight excluding hydrogens is 228 g/mol. The highest BCUT2D eigenvalue weighted by Gasteiger charge is 2.33. The summed E-state index contributed by atoms with van der Waals surface area (Å²) in [4.78, 5) is 14.9. The third kappa shape index (κ3) is 1.91. The van der Waals surface area contributed by atoms with Gasteiger partial charge in [-0.1, -0.05) is 0 Å². The van der Waals surface area contributed by atoms with Crippen LogP contribution in [0, 0.1) is 13.8 Å². The third-order valence-electron chi connectivity index (χ3n) is 2.38. The van der Waals surface area contributed by atoms with Crippen LogP contribution in [0.1, 0.15) is 23.0 Å². The molecule has 0 aliphatic carbocycles. The van der Waals surface area contributed by atoms with Crippen molar-refractivity contribution in [3.8, 4) is 0 Å². The first-order valence-electron chi connectivity index (χ1n) is 4.81. The van der Waals surface area contributed by atoms with Gasteiger partial charge < -0.3 is 10.2 Å². The van der Waals surface area contributed by atoms with Crippen molar-refractivity contribution in [3.05, 3.63) is 22.9 Å². The van der Waals surface area contributed by atoms with E-state index in [1.165, 1.54) is 16.3 Å². The molecule has 0 amide bonds. The molecule has 1 aliphatic heterocycles. The van der Waals surface area contributed by atoms with Crippen LogP contribution in [-0.4, -0.2) is 32.0 Å². The molecular formula is C10H12N2O3S. The molecule has 1 aromatic rings. The van der Waals surface area contributed by atoms with Gasteiger partial charge in [-0.15, -0.1) is 0 Å². The largest absolute Gasteiger partial charge is 0.480 e. The quantitative estimate of drug-likeness (QED) is 0.754. The molecule has 0 fully saturated rings. The highest BCUT2D eigenvalue weighted by atomic mass is 32.2. The topological polar surface area (TPSA) is 73.7 Å². The smallest absolute Gasteiger partial charge is 0.318 e. The van der Waals surface area contributed by atoms with E-state index in [9.17, 15) is 9.90 Å². The van der Waals surface area contributed by atoms with Gasteiger partial charge in [0.05, 0.1) is 0 Å². The van der Waals surface area contributed by atoms with Crippen LogP contribution in [0.2, 0.25) is 0 Å². The number of carboxylic acid groups (broad SMARTS) is 1. The standard InChI is InChI=1S/C10H12N2O3S/c1-5-3-6(2)11-9-8(5)10(15)12(16-9)4-7(13)14/h3,10,15H,4H2,1-2H3,(H,13,14). The lowest BCUT2D eigenvalue weighted by Gasteiger charge is -2.16. The number of aliphatic carboxylic acids is 1. The van der Waals surface area contributed by atoms with E-state index >= 15 is 0 Å². The SMILES string of the molecule is Cc1cc(C)c2c(n1)SN(CC(=O)O)C2O. The number of hydrogen-bond donors (Lipinski definition) is 2.